The van der Waals surface area contributed by atoms with E-state index in [0.717, 1.165) is 0 Å². The first-order valence-electron chi connectivity index (χ1n) is 5.12. The molecular formula is C10H19F2N. The van der Waals surface area contributed by atoms with Crippen LogP contribution in [0, 0.1) is 11.8 Å². The first-order chi connectivity index (χ1) is 6.11. The second-order valence-corrected chi connectivity index (χ2v) is 4.21. The lowest BCUT2D eigenvalue weighted by molar-refractivity contribution is 0.120. The van der Waals surface area contributed by atoms with Crippen LogP contribution in [0.1, 0.15) is 33.1 Å². The summed E-state index contributed by atoms with van der Waals surface area (Å²) < 4.78 is 24.0. The van der Waals surface area contributed by atoms with Crippen LogP contribution in [0.4, 0.5) is 8.78 Å². The van der Waals surface area contributed by atoms with E-state index in [2.05, 4.69) is 19.2 Å². The van der Waals surface area contributed by atoms with Crippen LogP contribution in [0.2, 0.25) is 0 Å². The van der Waals surface area contributed by atoms with E-state index < -0.39 is 6.43 Å². The predicted molar refractivity (Wildman–Crippen MR) is 50.0 cm³/mol. The van der Waals surface area contributed by atoms with Gasteiger partial charge < -0.3 is 5.32 Å². The molecule has 3 heteroatoms. The van der Waals surface area contributed by atoms with Crippen molar-refractivity contribution < 1.29 is 8.78 Å². The third kappa shape index (κ3) is 3.22. The maximum Gasteiger partial charge on any atom is 0.250 e. The maximum absolute atomic E-state index is 12.0. The highest BCUT2D eigenvalue weighted by Gasteiger charge is 2.27. The summed E-state index contributed by atoms with van der Waals surface area (Å²) in [6.45, 7) is 4.15. The minimum Gasteiger partial charge on any atom is -0.308 e. The first kappa shape index (κ1) is 10.9. The number of hydrogen-bond donors (Lipinski definition) is 1. The summed E-state index contributed by atoms with van der Waals surface area (Å²) in [5, 5.41) is 2.97. The Balaban J connectivity index is 2.35. The van der Waals surface area contributed by atoms with E-state index in [-0.39, 0.29) is 6.54 Å². The molecule has 1 aliphatic carbocycles. The van der Waals surface area contributed by atoms with E-state index in [0.29, 0.717) is 17.9 Å². The molecule has 0 aromatic rings. The van der Waals surface area contributed by atoms with Crippen molar-refractivity contribution in [3.63, 3.8) is 0 Å². The first-order valence-corrected chi connectivity index (χ1v) is 5.12. The number of rotatable bonds is 3. The van der Waals surface area contributed by atoms with Gasteiger partial charge in [0.25, 0.3) is 6.43 Å². The molecule has 78 valence electrons. The molecule has 0 saturated heterocycles. The highest BCUT2D eigenvalue weighted by Crippen LogP contribution is 2.28. The van der Waals surface area contributed by atoms with E-state index in [1.807, 2.05) is 0 Å². The molecule has 2 atom stereocenters. The average molecular weight is 191 g/mol. The van der Waals surface area contributed by atoms with Crippen molar-refractivity contribution in [1.29, 1.82) is 0 Å². The SMILES string of the molecule is CC1CCCC(C)C1NCC(F)F. The van der Waals surface area contributed by atoms with Crippen LogP contribution in [-0.2, 0) is 0 Å². The minimum atomic E-state index is -2.22. The summed E-state index contributed by atoms with van der Waals surface area (Å²) in [6, 6.07) is 0.294. The van der Waals surface area contributed by atoms with Gasteiger partial charge in [-0.05, 0) is 24.7 Å². The molecule has 0 bridgehead atoms. The van der Waals surface area contributed by atoms with Gasteiger partial charge in [0.15, 0.2) is 0 Å². The Labute approximate surface area is 78.9 Å². The quantitative estimate of drug-likeness (QED) is 0.723. The van der Waals surface area contributed by atoms with E-state index in [4.69, 9.17) is 0 Å². The monoisotopic (exact) mass is 191 g/mol. The largest absolute Gasteiger partial charge is 0.308 e. The molecule has 1 aliphatic rings. The fourth-order valence-corrected chi connectivity index (χ4v) is 2.31. The zero-order chi connectivity index (χ0) is 9.84. The van der Waals surface area contributed by atoms with Crippen molar-refractivity contribution in [3.05, 3.63) is 0 Å². The third-order valence-corrected chi connectivity index (χ3v) is 3.05. The highest BCUT2D eigenvalue weighted by molar-refractivity contribution is 4.83. The number of alkyl halides is 2. The van der Waals surface area contributed by atoms with E-state index in [9.17, 15) is 8.78 Å². The van der Waals surface area contributed by atoms with Gasteiger partial charge in [-0.3, -0.25) is 0 Å². The zero-order valence-electron chi connectivity index (χ0n) is 8.39. The number of nitrogens with one attached hydrogen (secondary N) is 1. The Morgan fingerprint density at radius 3 is 2.23 bits per heavy atom. The van der Waals surface area contributed by atoms with E-state index in [1.165, 1.54) is 19.3 Å². The molecule has 0 radical (unpaired) electrons. The van der Waals surface area contributed by atoms with Gasteiger partial charge >= 0.3 is 0 Å². The second kappa shape index (κ2) is 4.89. The van der Waals surface area contributed by atoms with Crippen LogP contribution in [0.5, 0.6) is 0 Å². The van der Waals surface area contributed by atoms with Crippen molar-refractivity contribution in [2.45, 2.75) is 45.6 Å². The number of hydrogen-bond acceptors (Lipinski definition) is 1. The van der Waals surface area contributed by atoms with Crippen molar-refractivity contribution in [2.24, 2.45) is 11.8 Å². The van der Waals surface area contributed by atoms with Crippen molar-refractivity contribution in [3.8, 4) is 0 Å². The van der Waals surface area contributed by atoms with Crippen LogP contribution in [0.15, 0.2) is 0 Å². The van der Waals surface area contributed by atoms with E-state index >= 15 is 0 Å². The Morgan fingerprint density at radius 2 is 1.77 bits per heavy atom. The summed E-state index contributed by atoms with van der Waals surface area (Å²) in [4.78, 5) is 0. The molecular weight excluding hydrogens is 172 g/mol. The van der Waals surface area contributed by atoms with Crippen LogP contribution in [0.3, 0.4) is 0 Å². The zero-order valence-corrected chi connectivity index (χ0v) is 8.39. The van der Waals surface area contributed by atoms with Crippen molar-refractivity contribution >= 4 is 0 Å². The molecule has 1 fully saturated rings. The van der Waals surface area contributed by atoms with Crippen LogP contribution in [-0.4, -0.2) is 19.0 Å². The van der Waals surface area contributed by atoms with Crippen molar-refractivity contribution in [1.82, 2.24) is 5.32 Å². The van der Waals surface area contributed by atoms with Gasteiger partial charge in [0.1, 0.15) is 0 Å². The third-order valence-electron chi connectivity index (χ3n) is 3.05. The summed E-state index contributed by atoms with van der Waals surface area (Å²) in [7, 11) is 0. The molecule has 1 nitrogen and oxygen atoms in total. The van der Waals surface area contributed by atoms with Gasteiger partial charge in [-0.2, -0.15) is 0 Å². The molecule has 0 amide bonds. The molecule has 0 spiro atoms. The standard InChI is InChI=1S/C10H19F2N/c1-7-4-3-5-8(2)10(7)13-6-9(11)12/h7-10,13H,3-6H2,1-2H3. The normalized spacial score (nSPS) is 35.3. The Bertz CT molecular complexity index is 140. The maximum atomic E-state index is 12.0. The Kier molecular flexibility index (Phi) is 4.10. The van der Waals surface area contributed by atoms with Gasteiger partial charge in [-0.15, -0.1) is 0 Å². The molecule has 0 heterocycles. The topological polar surface area (TPSA) is 12.0 Å². The Morgan fingerprint density at radius 1 is 1.23 bits per heavy atom. The molecule has 0 aromatic heterocycles. The fourth-order valence-electron chi connectivity index (χ4n) is 2.31. The second-order valence-electron chi connectivity index (χ2n) is 4.21. The fraction of sp³-hybridized carbons (Fsp3) is 1.00. The van der Waals surface area contributed by atoms with Gasteiger partial charge in [0.05, 0.1) is 6.54 Å². The summed E-state index contributed by atoms with van der Waals surface area (Å²) in [5.74, 6) is 1.09. The lowest BCUT2D eigenvalue weighted by Gasteiger charge is -2.35. The lowest BCUT2D eigenvalue weighted by Crippen LogP contribution is -2.44. The average Bonchev–Trinajstić information content (AvgIpc) is 2.03. The molecule has 1 N–H and O–H groups in total. The smallest absolute Gasteiger partial charge is 0.250 e. The summed E-state index contributed by atoms with van der Waals surface area (Å²) >= 11 is 0. The van der Waals surface area contributed by atoms with Crippen molar-refractivity contribution in [2.75, 3.05) is 6.54 Å². The van der Waals surface area contributed by atoms with Crippen LogP contribution >= 0.6 is 0 Å². The molecule has 1 rings (SSSR count). The van der Waals surface area contributed by atoms with Crippen LogP contribution in [0.25, 0.3) is 0 Å². The molecule has 1 saturated carbocycles. The van der Waals surface area contributed by atoms with Crippen LogP contribution < -0.4 is 5.32 Å². The van der Waals surface area contributed by atoms with Gasteiger partial charge in [-0.1, -0.05) is 20.3 Å². The molecule has 2 unspecified atom stereocenters. The molecule has 13 heavy (non-hydrogen) atoms. The minimum absolute atomic E-state index is 0.153. The highest BCUT2D eigenvalue weighted by atomic mass is 19.3. The summed E-state index contributed by atoms with van der Waals surface area (Å²) in [6.07, 6.45) is 1.37. The Hall–Kier alpha value is -0.180. The molecule has 0 aliphatic heterocycles. The molecule has 0 aromatic carbocycles. The predicted octanol–water partition coefficient (Wildman–Crippen LogP) is 2.67. The van der Waals surface area contributed by atoms with E-state index in [1.54, 1.807) is 0 Å². The van der Waals surface area contributed by atoms with Gasteiger partial charge in [0.2, 0.25) is 0 Å². The number of halogens is 2. The van der Waals surface area contributed by atoms with Gasteiger partial charge in [0, 0.05) is 6.04 Å². The summed E-state index contributed by atoms with van der Waals surface area (Å²) in [5.41, 5.74) is 0. The van der Waals surface area contributed by atoms with Gasteiger partial charge in [-0.25, -0.2) is 8.78 Å². The lowest BCUT2D eigenvalue weighted by atomic mass is 9.79.